The number of anilines is 3. The monoisotopic (exact) mass is 430 g/mol. The molecule has 3 N–H and O–H groups in total. The van der Waals surface area contributed by atoms with Crippen LogP contribution in [0.4, 0.5) is 21.8 Å². The van der Waals surface area contributed by atoms with Crippen molar-refractivity contribution in [3.8, 4) is 17.3 Å². The zero-order valence-electron chi connectivity index (χ0n) is 17.6. The van der Waals surface area contributed by atoms with Crippen LogP contribution in [0.2, 0.25) is 0 Å². The van der Waals surface area contributed by atoms with Crippen LogP contribution in [0.1, 0.15) is 25.3 Å². The Morgan fingerprint density at radius 1 is 1.19 bits per heavy atom. The summed E-state index contributed by atoms with van der Waals surface area (Å²) in [4.78, 5) is 23.5. The van der Waals surface area contributed by atoms with Crippen molar-refractivity contribution in [2.75, 3.05) is 22.5 Å². The molecule has 7 nitrogen and oxygen atoms in total. The van der Waals surface area contributed by atoms with Gasteiger partial charge in [0.05, 0.1) is 17.2 Å². The summed E-state index contributed by atoms with van der Waals surface area (Å²) in [5.41, 5.74) is 7.65. The number of hydrogen-bond donors (Lipinski definition) is 2. The van der Waals surface area contributed by atoms with Crippen LogP contribution in [-0.4, -0.2) is 28.5 Å². The maximum atomic E-state index is 14.1. The molecule has 8 heteroatoms. The number of para-hydroxylation sites is 1. The van der Waals surface area contributed by atoms with E-state index in [1.54, 1.807) is 12.1 Å². The Hall–Kier alpha value is -3.99. The highest BCUT2D eigenvalue weighted by atomic mass is 19.1. The summed E-state index contributed by atoms with van der Waals surface area (Å²) in [6.07, 6.45) is 1.59. The molecule has 1 aliphatic rings. The van der Waals surface area contributed by atoms with Gasteiger partial charge >= 0.3 is 0 Å². The Morgan fingerprint density at radius 2 is 1.97 bits per heavy atom. The molecule has 3 aromatic rings. The number of rotatable bonds is 4. The highest BCUT2D eigenvalue weighted by Gasteiger charge is 2.31. The molecule has 0 radical (unpaired) electrons. The first kappa shape index (κ1) is 21.2. The topological polar surface area (TPSA) is 108 Å². The fraction of sp³-hybridized carbons (Fsp3) is 0.250. The zero-order valence-corrected chi connectivity index (χ0v) is 17.6. The van der Waals surface area contributed by atoms with Crippen molar-refractivity contribution in [3.05, 3.63) is 66.0 Å². The van der Waals surface area contributed by atoms with Gasteiger partial charge in [-0.2, -0.15) is 10.2 Å². The lowest BCUT2D eigenvalue weighted by Gasteiger charge is -2.38. The van der Waals surface area contributed by atoms with Crippen molar-refractivity contribution in [2.45, 2.75) is 25.8 Å². The highest BCUT2D eigenvalue weighted by molar-refractivity contribution is 5.93. The van der Waals surface area contributed by atoms with Crippen LogP contribution in [0, 0.1) is 23.1 Å². The number of piperidine rings is 1. The fourth-order valence-electron chi connectivity index (χ4n) is 3.92. The Labute approximate surface area is 185 Å². The van der Waals surface area contributed by atoms with E-state index in [1.807, 2.05) is 41.3 Å². The lowest BCUT2D eigenvalue weighted by molar-refractivity contribution is -0.120. The van der Waals surface area contributed by atoms with E-state index in [2.05, 4.69) is 22.2 Å². The lowest BCUT2D eigenvalue weighted by Crippen LogP contribution is -2.46. The van der Waals surface area contributed by atoms with Gasteiger partial charge in [-0.1, -0.05) is 24.3 Å². The standard InChI is InChI=1S/C24H23FN6O/c1-15-7-8-18(23(32)28-19-5-3-2-4-6-19)14-31(15)22-12-21(29-24(27)30-22)16-9-10-17(13-26)20(25)11-16/h2-6,9-12,15,18H,7-8,14H2,1H3,(H,28,32)(H2,27,29,30). The Morgan fingerprint density at radius 3 is 2.69 bits per heavy atom. The van der Waals surface area contributed by atoms with Crippen LogP contribution in [-0.2, 0) is 4.79 Å². The van der Waals surface area contributed by atoms with Crippen LogP contribution >= 0.6 is 0 Å². The number of nitrogens with two attached hydrogens (primary N) is 1. The van der Waals surface area contributed by atoms with Gasteiger partial charge in [0, 0.05) is 29.9 Å². The third-order valence-corrected chi connectivity index (χ3v) is 5.70. The second-order valence-corrected chi connectivity index (χ2v) is 7.91. The molecule has 0 aliphatic carbocycles. The molecule has 1 aromatic heterocycles. The molecular weight excluding hydrogens is 407 g/mol. The van der Waals surface area contributed by atoms with E-state index in [4.69, 9.17) is 11.0 Å². The van der Waals surface area contributed by atoms with Gasteiger partial charge < -0.3 is 16.0 Å². The number of aromatic nitrogens is 2. The number of hydrogen-bond acceptors (Lipinski definition) is 6. The number of amides is 1. The summed E-state index contributed by atoms with van der Waals surface area (Å²) >= 11 is 0. The van der Waals surface area contributed by atoms with E-state index in [1.165, 1.54) is 12.1 Å². The molecule has 1 amide bonds. The number of nitrogen functional groups attached to an aromatic ring is 1. The largest absolute Gasteiger partial charge is 0.368 e. The second-order valence-electron chi connectivity index (χ2n) is 7.91. The molecular formula is C24H23FN6O. The number of nitriles is 1. The Kier molecular flexibility index (Phi) is 5.99. The van der Waals surface area contributed by atoms with Crippen molar-refractivity contribution in [3.63, 3.8) is 0 Å². The summed E-state index contributed by atoms with van der Waals surface area (Å²) in [5, 5.41) is 11.9. The smallest absolute Gasteiger partial charge is 0.229 e. The van der Waals surface area contributed by atoms with Gasteiger partial charge in [-0.05, 0) is 44.0 Å². The molecule has 1 fully saturated rings. The van der Waals surface area contributed by atoms with Crippen molar-refractivity contribution in [2.24, 2.45) is 5.92 Å². The summed E-state index contributed by atoms with van der Waals surface area (Å²) < 4.78 is 14.1. The van der Waals surface area contributed by atoms with E-state index in [0.717, 1.165) is 18.5 Å². The molecule has 1 aliphatic heterocycles. The number of carbonyl (C=O) groups excluding carboxylic acids is 1. The quantitative estimate of drug-likeness (QED) is 0.648. The number of carbonyl (C=O) groups is 1. The minimum absolute atomic E-state index is 0.0343. The maximum absolute atomic E-state index is 14.1. The number of nitrogens with zero attached hydrogens (tertiary/aromatic N) is 4. The molecule has 0 bridgehead atoms. The minimum atomic E-state index is -0.618. The van der Waals surface area contributed by atoms with Crippen LogP contribution < -0.4 is 16.0 Å². The van der Waals surface area contributed by atoms with Gasteiger partial charge in [-0.3, -0.25) is 4.79 Å². The van der Waals surface area contributed by atoms with Gasteiger partial charge in [0.2, 0.25) is 11.9 Å². The van der Waals surface area contributed by atoms with Gasteiger partial charge in [-0.15, -0.1) is 0 Å². The zero-order chi connectivity index (χ0) is 22.7. The summed E-state index contributed by atoms with van der Waals surface area (Å²) in [5.74, 6) is -0.219. The first-order valence-corrected chi connectivity index (χ1v) is 10.4. The van der Waals surface area contributed by atoms with E-state index in [0.29, 0.717) is 23.6 Å². The number of benzene rings is 2. The molecule has 32 heavy (non-hydrogen) atoms. The molecule has 0 spiro atoms. The predicted molar refractivity (Wildman–Crippen MR) is 121 cm³/mol. The summed E-state index contributed by atoms with van der Waals surface area (Å²) in [6.45, 7) is 2.56. The molecule has 2 heterocycles. The van der Waals surface area contributed by atoms with E-state index >= 15 is 0 Å². The van der Waals surface area contributed by atoms with Gasteiger partial charge in [0.1, 0.15) is 17.7 Å². The Bertz CT molecular complexity index is 1180. The number of nitrogens with one attached hydrogen (secondary N) is 1. The second kappa shape index (κ2) is 9.02. The average Bonchev–Trinajstić information content (AvgIpc) is 2.79. The van der Waals surface area contributed by atoms with Gasteiger partial charge in [0.25, 0.3) is 0 Å². The summed E-state index contributed by atoms with van der Waals surface area (Å²) in [7, 11) is 0. The van der Waals surface area contributed by atoms with Gasteiger partial charge in [0.15, 0.2) is 0 Å². The number of halogens is 1. The van der Waals surface area contributed by atoms with Crippen LogP contribution in [0.3, 0.4) is 0 Å². The lowest BCUT2D eigenvalue weighted by atomic mass is 9.92. The Balaban J connectivity index is 1.58. The first-order valence-electron chi connectivity index (χ1n) is 10.4. The molecule has 2 unspecified atom stereocenters. The van der Waals surface area contributed by atoms with Crippen molar-refractivity contribution >= 4 is 23.4 Å². The SMILES string of the molecule is CC1CCC(C(=O)Nc2ccccc2)CN1c1cc(-c2ccc(C#N)c(F)c2)nc(N)n1. The summed E-state index contributed by atoms with van der Waals surface area (Å²) in [6, 6.07) is 17.4. The van der Waals surface area contributed by atoms with E-state index in [9.17, 15) is 9.18 Å². The normalized spacial score (nSPS) is 18.1. The van der Waals surface area contributed by atoms with Crippen LogP contribution in [0.25, 0.3) is 11.3 Å². The molecule has 2 atom stereocenters. The third kappa shape index (κ3) is 4.52. The minimum Gasteiger partial charge on any atom is -0.368 e. The predicted octanol–water partition coefficient (Wildman–Crippen LogP) is 3.98. The van der Waals surface area contributed by atoms with Gasteiger partial charge in [-0.25, -0.2) is 9.37 Å². The fourth-order valence-corrected chi connectivity index (χ4v) is 3.92. The molecule has 2 aromatic carbocycles. The van der Waals surface area contributed by atoms with Crippen molar-refractivity contribution in [1.29, 1.82) is 5.26 Å². The van der Waals surface area contributed by atoms with Crippen molar-refractivity contribution < 1.29 is 9.18 Å². The average molecular weight is 430 g/mol. The first-order chi connectivity index (χ1) is 15.4. The molecule has 4 rings (SSSR count). The molecule has 1 saturated heterocycles. The van der Waals surface area contributed by atoms with E-state index < -0.39 is 5.82 Å². The molecule has 162 valence electrons. The van der Waals surface area contributed by atoms with Crippen LogP contribution in [0.5, 0.6) is 0 Å². The molecule has 0 saturated carbocycles. The maximum Gasteiger partial charge on any atom is 0.229 e. The van der Waals surface area contributed by atoms with E-state index in [-0.39, 0.29) is 29.4 Å². The highest BCUT2D eigenvalue weighted by Crippen LogP contribution is 2.30. The third-order valence-electron chi connectivity index (χ3n) is 5.70. The van der Waals surface area contributed by atoms with Crippen LogP contribution in [0.15, 0.2) is 54.6 Å². The van der Waals surface area contributed by atoms with Crippen molar-refractivity contribution in [1.82, 2.24) is 9.97 Å².